The van der Waals surface area contributed by atoms with Gasteiger partial charge in [-0.15, -0.1) is 0 Å². The maximum atomic E-state index is 12.4. The highest BCUT2D eigenvalue weighted by Gasteiger charge is 2.21. The lowest BCUT2D eigenvalue weighted by atomic mass is 9.89. The third kappa shape index (κ3) is 4.76. The van der Waals surface area contributed by atoms with Crippen LogP contribution in [0.2, 0.25) is 10.0 Å². The molecule has 1 aliphatic rings. The molecule has 1 fully saturated rings. The number of imidazole rings is 1. The van der Waals surface area contributed by atoms with Crippen molar-refractivity contribution in [3.63, 3.8) is 0 Å². The van der Waals surface area contributed by atoms with Gasteiger partial charge < -0.3 is 9.88 Å². The molecule has 0 unspecified atom stereocenters. The van der Waals surface area contributed by atoms with E-state index in [4.69, 9.17) is 28.2 Å². The second kappa shape index (κ2) is 9.19. The molecule has 0 spiro atoms. The number of halogens is 2. The predicted octanol–water partition coefficient (Wildman–Crippen LogP) is 5.63. The number of hydrogen-bond donors (Lipinski definition) is 1. The Morgan fingerprint density at radius 3 is 2.69 bits per heavy atom. The van der Waals surface area contributed by atoms with E-state index in [9.17, 15) is 4.79 Å². The molecule has 0 bridgehead atoms. The van der Waals surface area contributed by atoms with E-state index in [0.717, 1.165) is 48.1 Å². The van der Waals surface area contributed by atoms with Gasteiger partial charge in [-0.2, -0.15) is 0 Å². The molecule has 0 saturated heterocycles. The normalized spacial score (nSPS) is 15.0. The number of carbonyl (C=O) groups excluding carboxylic acids is 1. The van der Waals surface area contributed by atoms with E-state index >= 15 is 0 Å². The summed E-state index contributed by atoms with van der Waals surface area (Å²) in [5, 5.41) is 4.39. The Hall–Kier alpha value is -2.04. The molecule has 4 nitrogen and oxygen atoms in total. The SMILES string of the molecule is O=C(NCCc1nc2ccccc2n1Cc1ccc(Cl)cc1Cl)C1CCCCC1. The smallest absolute Gasteiger partial charge is 0.223 e. The maximum Gasteiger partial charge on any atom is 0.223 e. The summed E-state index contributed by atoms with van der Waals surface area (Å²) in [5.41, 5.74) is 3.00. The van der Waals surface area contributed by atoms with Crippen LogP contribution in [0, 0.1) is 5.92 Å². The molecular weight excluding hydrogens is 405 g/mol. The summed E-state index contributed by atoms with van der Waals surface area (Å²) in [6.07, 6.45) is 6.28. The zero-order valence-electron chi connectivity index (χ0n) is 16.3. The summed E-state index contributed by atoms with van der Waals surface area (Å²) in [6, 6.07) is 13.7. The Kier molecular flexibility index (Phi) is 6.41. The Labute approximate surface area is 181 Å². The van der Waals surface area contributed by atoms with E-state index in [-0.39, 0.29) is 11.8 Å². The number of para-hydroxylation sites is 2. The summed E-state index contributed by atoms with van der Waals surface area (Å²) >= 11 is 12.5. The van der Waals surface area contributed by atoms with Gasteiger partial charge in [-0.05, 0) is 42.7 Å². The summed E-state index contributed by atoms with van der Waals surface area (Å²) in [7, 11) is 0. The summed E-state index contributed by atoms with van der Waals surface area (Å²) in [5.74, 6) is 1.31. The number of benzene rings is 2. The molecule has 1 aromatic heterocycles. The molecule has 6 heteroatoms. The van der Waals surface area contributed by atoms with Gasteiger partial charge in [0.25, 0.3) is 0 Å². The standard InChI is InChI=1S/C23H25Cl2N3O/c24-18-11-10-17(19(25)14-18)15-28-21-9-5-4-8-20(21)27-22(28)12-13-26-23(29)16-6-2-1-3-7-16/h4-5,8-11,14,16H,1-3,6-7,12-13,15H2,(H,26,29). The van der Waals surface area contributed by atoms with Gasteiger partial charge in [0, 0.05) is 28.9 Å². The van der Waals surface area contributed by atoms with Crippen molar-refractivity contribution >= 4 is 40.1 Å². The third-order valence-electron chi connectivity index (χ3n) is 5.70. The molecule has 1 aliphatic carbocycles. The molecule has 0 aliphatic heterocycles. The Morgan fingerprint density at radius 2 is 1.90 bits per heavy atom. The first kappa shape index (κ1) is 20.2. The van der Waals surface area contributed by atoms with E-state index in [2.05, 4.69) is 16.0 Å². The van der Waals surface area contributed by atoms with Crippen LogP contribution in [0.25, 0.3) is 11.0 Å². The molecule has 1 saturated carbocycles. The van der Waals surface area contributed by atoms with Gasteiger partial charge in [-0.3, -0.25) is 4.79 Å². The fourth-order valence-corrected chi connectivity index (χ4v) is 4.59. The molecule has 0 atom stereocenters. The third-order valence-corrected chi connectivity index (χ3v) is 6.29. The highest BCUT2D eigenvalue weighted by atomic mass is 35.5. The first-order chi connectivity index (χ1) is 14.1. The van der Waals surface area contributed by atoms with Crippen LogP contribution in [0.15, 0.2) is 42.5 Å². The van der Waals surface area contributed by atoms with Crippen molar-refractivity contribution in [3.8, 4) is 0 Å². The molecule has 29 heavy (non-hydrogen) atoms. The number of amides is 1. The molecule has 3 aromatic rings. The minimum Gasteiger partial charge on any atom is -0.355 e. The van der Waals surface area contributed by atoms with E-state index in [1.807, 2.05) is 30.3 Å². The van der Waals surface area contributed by atoms with Crippen LogP contribution in [0.3, 0.4) is 0 Å². The average Bonchev–Trinajstić information content (AvgIpc) is 3.08. The summed E-state index contributed by atoms with van der Waals surface area (Å²) < 4.78 is 2.18. The van der Waals surface area contributed by atoms with Crippen LogP contribution in [0.1, 0.15) is 43.5 Å². The van der Waals surface area contributed by atoms with Crippen molar-refractivity contribution in [2.24, 2.45) is 5.92 Å². The van der Waals surface area contributed by atoms with E-state index in [1.54, 1.807) is 6.07 Å². The van der Waals surface area contributed by atoms with E-state index in [0.29, 0.717) is 29.6 Å². The van der Waals surface area contributed by atoms with Crippen molar-refractivity contribution in [1.29, 1.82) is 0 Å². The summed E-state index contributed by atoms with van der Waals surface area (Å²) in [6.45, 7) is 1.20. The summed E-state index contributed by atoms with van der Waals surface area (Å²) in [4.78, 5) is 17.3. The van der Waals surface area contributed by atoms with Gasteiger partial charge in [0.15, 0.2) is 0 Å². The maximum absolute atomic E-state index is 12.4. The molecule has 4 rings (SSSR count). The molecule has 2 aromatic carbocycles. The largest absolute Gasteiger partial charge is 0.355 e. The van der Waals surface area contributed by atoms with Crippen LogP contribution in [0.4, 0.5) is 0 Å². The van der Waals surface area contributed by atoms with Crippen LogP contribution in [-0.4, -0.2) is 22.0 Å². The lowest BCUT2D eigenvalue weighted by Crippen LogP contribution is -2.33. The minimum absolute atomic E-state index is 0.176. The van der Waals surface area contributed by atoms with Crippen molar-refractivity contribution < 1.29 is 4.79 Å². The quantitative estimate of drug-likeness (QED) is 0.551. The van der Waals surface area contributed by atoms with Crippen LogP contribution < -0.4 is 5.32 Å². The fourth-order valence-electron chi connectivity index (χ4n) is 4.12. The van der Waals surface area contributed by atoms with E-state index in [1.165, 1.54) is 6.42 Å². The Balaban J connectivity index is 1.51. The number of rotatable bonds is 6. The van der Waals surface area contributed by atoms with Crippen molar-refractivity contribution in [1.82, 2.24) is 14.9 Å². The second-order valence-electron chi connectivity index (χ2n) is 7.71. The first-order valence-corrected chi connectivity index (χ1v) is 11.0. The number of nitrogens with one attached hydrogen (secondary N) is 1. The molecule has 1 heterocycles. The number of fused-ring (bicyclic) bond motifs is 1. The predicted molar refractivity (Wildman–Crippen MR) is 119 cm³/mol. The fraction of sp³-hybridized carbons (Fsp3) is 0.391. The first-order valence-electron chi connectivity index (χ1n) is 10.3. The molecule has 152 valence electrons. The zero-order valence-corrected chi connectivity index (χ0v) is 17.8. The van der Waals surface area contributed by atoms with Gasteiger partial charge >= 0.3 is 0 Å². The lowest BCUT2D eigenvalue weighted by Gasteiger charge is -2.20. The van der Waals surface area contributed by atoms with Crippen LogP contribution in [0.5, 0.6) is 0 Å². The lowest BCUT2D eigenvalue weighted by molar-refractivity contribution is -0.125. The van der Waals surface area contributed by atoms with Gasteiger partial charge in [0.2, 0.25) is 5.91 Å². The Bertz CT molecular complexity index is 1010. The van der Waals surface area contributed by atoms with Crippen molar-refractivity contribution in [2.75, 3.05) is 6.54 Å². The topological polar surface area (TPSA) is 46.9 Å². The molecule has 1 N–H and O–H groups in total. The number of carbonyl (C=O) groups is 1. The highest BCUT2D eigenvalue weighted by Crippen LogP contribution is 2.25. The van der Waals surface area contributed by atoms with Crippen LogP contribution >= 0.6 is 23.2 Å². The zero-order chi connectivity index (χ0) is 20.2. The van der Waals surface area contributed by atoms with Gasteiger partial charge in [0.1, 0.15) is 5.82 Å². The minimum atomic E-state index is 0.176. The number of aromatic nitrogens is 2. The van der Waals surface area contributed by atoms with Crippen molar-refractivity contribution in [3.05, 3.63) is 63.9 Å². The van der Waals surface area contributed by atoms with Gasteiger partial charge in [0.05, 0.1) is 17.6 Å². The second-order valence-corrected chi connectivity index (χ2v) is 8.56. The van der Waals surface area contributed by atoms with Gasteiger partial charge in [-0.25, -0.2) is 4.98 Å². The monoisotopic (exact) mass is 429 g/mol. The molecule has 0 radical (unpaired) electrons. The molecular formula is C23H25Cl2N3O. The number of nitrogens with zero attached hydrogens (tertiary/aromatic N) is 2. The number of hydrogen-bond acceptors (Lipinski definition) is 2. The van der Waals surface area contributed by atoms with Gasteiger partial charge in [-0.1, -0.05) is 60.7 Å². The highest BCUT2D eigenvalue weighted by molar-refractivity contribution is 6.35. The average molecular weight is 430 g/mol. The van der Waals surface area contributed by atoms with Crippen LogP contribution in [-0.2, 0) is 17.8 Å². The van der Waals surface area contributed by atoms with Crippen molar-refractivity contribution in [2.45, 2.75) is 45.1 Å². The molecule has 1 amide bonds. The Morgan fingerprint density at radius 1 is 1.10 bits per heavy atom. The van der Waals surface area contributed by atoms with E-state index < -0.39 is 0 Å².